The van der Waals surface area contributed by atoms with Crippen molar-refractivity contribution >= 4 is 92.8 Å². The molecule has 1 aromatic heterocycles. The molecule has 8 rings (SSSR count). The smallest absolute Gasteiger partial charge is 0.265 e. The standard InChI is InChI=1S/C57H54N4O2S2/c1-6-9-10-42-15-28-48(29-16-42)60(46-24-11-40(4)12-25-46)50-32-20-44(21-33-50)45-22-34-51(35-23-45)61(47-26-13-41(5)14-27-47)49-30-17-43(18-31-49)19-36-52-37-38-53(65-52)39-54-55(62)58(7-2)57(64)59(8-3)56(54)63/h11-39H,6-10H2,1-5H3/b36-19+. The fourth-order valence-electron chi connectivity index (χ4n) is 8.05. The summed E-state index contributed by atoms with van der Waals surface area (Å²) in [5.74, 6) is -0.695. The Balaban J connectivity index is 1.01. The van der Waals surface area contributed by atoms with E-state index in [0.29, 0.717) is 13.1 Å². The molecule has 1 aliphatic heterocycles. The van der Waals surface area contributed by atoms with E-state index in [1.165, 1.54) is 50.7 Å². The Bertz CT molecular complexity index is 2800. The number of unbranched alkanes of at least 4 members (excludes halogenated alkanes) is 1. The van der Waals surface area contributed by atoms with E-state index in [1.54, 1.807) is 6.08 Å². The van der Waals surface area contributed by atoms with Gasteiger partial charge >= 0.3 is 0 Å². The number of carbonyl (C=O) groups is 2. The van der Waals surface area contributed by atoms with Gasteiger partial charge in [-0.15, -0.1) is 11.3 Å². The predicted octanol–water partition coefficient (Wildman–Crippen LogP) is 14.9. The van der Waals surface area contributed by atoms with E-state index in [1.807, 2.05) is 26.0 Å². The molecule has 0 bridgehead atoms. The highest BCUT2D eigenvalue weighted by atomic mass is 32.1. The van der Waals surface area contributed by atoms with Crippen molar-refractivity contribution in [2.45, 2.75) is 53.9 Å². The molecule has 0 spiro atoms. The van der Waals surface area contributed by atoms with Crippen molar-refractivity contribution in [1.82, 2.24) is 9.80 Å². The Morgan fingerprint density at radius 2 is 0.908 bits per heavy atom. The topological polar surface area (TPSA) is 47.1 Å². The van der Waals surface area contributed by atoms with Crippen molar-refractivity contribution in [2.75, 3.05) is 22.9 Å². The summed E-state index contributed by atoms with van der Waals surface area (Å²) in [7, 11) is 0. The predicted molar refractivity (Wildman–Crippen MR) is 278 cm³/mol. The highest BCUT2D eigenvalue weighted by Gasteiger charge is 2.38. The summed E-state index contributed by atoms with van der Waals surface area (Å²) in [6.45, 7) is 11.0. The van der Waals surface area contributed by atoms with E-state index < -0.39 is 0 Å². The molecule has 0 atom stereocenters. The fraction of sp³-hybridized carbons (Fsp3) is 0.175. The summed E-state index contributed by atoms with van der Waals surface area (Å²) >= 11 is 6.94. The van der Waals surface area contributed by atoms with E-state index in [0.717, 1.165) is 67.0 Å². The quantitative estimate of drug-likeness (QED) is 0.0583. The monoisotopic (exact) mass is 890 g/mol. The average Bonchev–Trinajstić information content (AvgIpc) is 3.79. The van der Waals surface area contributed by atoms with Crippen molar-refractivity contribution in [3.63, 3.8) is 0 Å². The van der Waals surface area contributed by atoms with Crippen LogP contribution >= 0.6 is 23.6 Å². The number of hydrogen-bond acceptors (Lipinski definition) is 6. The number of benzene rings is 6. The van der Waals surface area contributed by atoms with Crippen LogP contribution in [0.3, 0.4) is 0 Å². The third-order valence-corrected chi connectivity index (χ3v) is 13.2. The number of carbonyl (C=O) groups excluding carboxylic acids is 2. The minimum Gasteiger partial charge on any atom is -0.311 e. The largest absolute Gasteiger partial charge is 0.311 e. The van der Waals surface area contributed by atoms with E-state index in [-0.39, 0.29) is 22.5 Å². The van der Waals surface area contributed by atoms with Gasteiger partial charge in [-0.2, -0.15) is 0 Å². The Morgan fingerprint density at radius 3 is 1.34 bits per heavy atom. The lowest BCUT2D eigenvalue weighted by Gasteiger charge is -2.35. The van der Waals surface area contributed by atoms with E-state index >= 15 is 0 Å². The molecular weight excluding hydrogens is 837 g/mol. The van der Waals surface area contributed by atoms with Crippen LogP contribution in [0.5, 0.6) is 0 Å². The molecule has 1 saturated heterocycles. The summed E-state index contributed by atoms with van der Waals surface area (Å²) < 4.78 is 0. The van der Waals surface area contributed by atoms with Gasteiger partial charge in [0.1, 0.15) is 5.57 Å². The minimum atomic E-state index is -0.348. The molecule has 65 heavy (non-hydrogen) atoms. The van der Waals surface area contributed by atoms with Gasteiger partial charge in [0.2, 0.25) is 0 Å². The Morgan fingerprint density at radius 1 is 0.508 bits per heavy atom. The average molecular weight is 891 g/mol. The summed E-state index contributed by atoms with van der Waals surface area (Å²) in [6.07, 6.45) is 9.32. The van der Waals surface area contributed by atoms with Gasteiger partial charge in [0.15, 0.2) is 5.11 Å². The van der Waals surface area contributed by atoms with Crippen molar-refractivity contribution in [1.29, 1.82) is 0 Å². The molecule has 1 fully saturated rings. The maximum atomic E-state index is 13.2. The van der Waals surface area contributed by atoms with E-state index in [4.69, 9.17) is 12.2 Å². The molecule has 6 nitrogen and oxygen atoms in total. The zero-order valence-corrected chi connectivity index (χ0v) is 39.3. The van der Waals surface area contributed by atoms with Gasteiger partial charge in [0.05, 0.1) is 0 Å². The molecule has 6 aromatic carbocycles. The molecular formula is C57H54N4O2S2. The maximum Gasteiger partial charge on any atom is 0.265 e. The first-order valence-electron chi connectivity index (χ1n) is 22.4. The molecule has 2 amide bonds. The highest BCUT2D eigenvalue weighted by Crippen LogP contribution is 2.39. The number of anilines is 6. The zero-order valence-electron chi connectivity index (χ0n) is 37.7. The first-order valence-corrected chi connectivity index (χ1v) is 23.7. The molecule has 326 valence electrons. The van der Waals surface area contributed by atoms with Crippen LogP contribution in [-0.2, 0) is 16.0 Å². The lowest BCUT2D eigenvalue weighted by atomic mass is 10.0. The van der Waals surface area contributed by atoms with E-state index in [2.05, 4.69) is 188 Å². The second kappa shape index (κ2) is 20.3. The molecule has 8 heteroatoms. The van der Waals surface area contributed by atoms with Gasteiger partial charge < -0.3 is 9.80 Å². The number of amides is 2. The van der Waals surface area contributed by atoms with Gasteiger partial charge in [-0.1, -0.05) is 103 Å². The lowest BCUT2D eigenvalue weighted by Crippen LogP contribution is -2.55. The van der Waals surface area contributed by atoms with Crippen LogP contribution in [0, 0.1) is 13.8 Å². The van der Waals surface area contributed by atoms with Gasteiger partial charge in [-0.25, -0.2) is 0 Å². The molecule has 0 radical (unpaired) electrons. The van der Waals surface area contributed by atoms with Crippen LogP contribution in [0.15, 0.2) is 163 Å². The maximum absolute atomic E-state index is 13.2. The van der Waals surface area contributed by atoms with Crippen LogP contribution < -0.4 is 9.80 Å². The fourth-order valence-corrected chi connectivity index (χ4v) is 9.34. The van der Waals surface area contributed by atoms with Crippen LogP contribution in [0.25, 0.3) is 29.4 Å². The number of thiocarbonyl (C=S) groups is 1. The number of nitrogens with zero attached hydrogens (tertiary/aromatic N) is 4. The normalized spacial score (nSPS) is 12.9. The summed E-state index contributed by atoms with van der Waals surface area (Å²) in [4.78, 5) is 35.7. The Labute approximate surface area is 393 Å². The molecule has 0 saturated carbocycles. The Kier molecular flexibility index (Phi) is 14.0. The number of aryl methyl sites for hydroxylation is 3. The zero-order chi connectivity index (χ0) is 45.5. The van der Waals surface area contributed by atoms with Crippen molar-refractivity contribution in [3.05, 3.63) is 195 Å². The van der Waals surface area contributed by atoms with Crippen LogP contribution in [0.2, 0.25) is 0 Å². The molecule has 2 heterocycles. The second-order valence-electron chi connectivity index (χ2n) is 16.3. The summed E-state index contributed by atoms with van der Waals surface area (Å²) in [5.41, 5.74) is 13.9. The number of thiophene rings is 1. The second-order valence-corrected chi connectivity index (χ2v) is 17.8. The van der Waals surface area contributed by atoms with Crippen LogP contribution in [0.4, 0.5) is 34.1 Å². The van der Waals surface area contributed by atoms with Gasteiger partial charge in [0, 0.05) is 57.0 Å². The summed E-state index contributed by atoms with van der Waals surface area (Å²) in [5, 5.41) is 0.265. The molecule has 0 unspecified atom stereocenters. The lowest BCUT2D eigenvalue weighted by molar-refractivity contribution is -0.133. The van der Waals surface area contributed by atoms with Crippen LogP contribution in [-0.4, -0.2) is 39.8 Å². The van der Waals surface area contributed by atoms with Crippen molar-refractivity contribution in [2.24, 2.45) is 0 Å². The molecule has 1 aliphatic rings. The first kappa shape index (κ1) is 44.7. The first-order chi connectivity index (χ1) is 31.6. The SMILES string of the molecule is CCCCc1ccc(N(c2ccc(C)cc2)c2ccc(-c3ccc(N(c4ccc(C)cc4)c4ccc(/C=C/c5ccc(C=C6C(=O)N(CC)C(=S)N(CC)C6=O)s5)cc4)cc3)cc2)cc1. The molecule has 0 aliphatic carbocycles. The molecule has 7 aromatic rings. The number of likely N-dealkylation sites (N-methyl/N-ethyl adjacent to an activating group) is 2. The van der Waals surface area contributed by atoms with Gasteiger partial charge in [-0.3, -0.25) is 19.4 Å². The number of hydrogen-bond donors (Lipinski definition) is 0. The summed E-state index contributed by atoms with van der Waals surface area (Å²) in [6, 6.07) is 56.6. The van der Waals surface area contributed by atoms with E-state index in [9.17, 15) is 9.59 Å². The van der Waals surface area contributed by atoms with Gasteiger partial charge in [-0.05, 0) is 172 Å². The minimum absolute atomic E-state index is 0.137. The van der Waals surface area contributed by atoms with Crippen molar-refractivity contribution in [3.8, 4) is 11.1 Å². The Hall–Kier alpha value is -6.87. The van der Waals surface area contributed by atoms with Gasteiger partial charge in [0.25, 0.3) is 11.8 Å². The number of rotatable bonds is 15. The third-order valence-electron chi connectivity index (χ3n) is 11.8. The third kappa shape index (κ3) is 10.1. The highest BCUT2D eigenvalue weighted by molar-refractivity contribution is 7.80. The van der Waals surface area contributed by atoms with Crippen molar-refractivity contribution < 1.29 is 9.59 Å². The molecule has 0 N–H and O–H groups in total. The van der Waals surface area contributed by atoms with Crippen LogP contribution in [0.1, 0.15) is 65.6 Å².